The van der Waals surface area contributed by atoms with E-state index in [2.05, 4.69) is 10.3 Å². The van der Waals surface area contributed by atoms with Crippen molar-refractivity contribution in [2.24, 2.45) is 0 Å². The fourth-order valence-corrected chi connectivity index (χ4v) is 1.64. The van der Waals surface area contributed by atoms with Crippen molar-refractivity contribution in [3.05, 3.63) is 48.5 Å². The van der Waals surface area contributed by atoms with E-state index >= 15 is 0 Å². The van der Waals surface area contributed by atoms with E-state index in [0.717, 1.165) is 5.69 Å². The second-order valence-corrected chi connectivity index (χ2v) is 4.98. The van der Waals surface area contributed by atoms with Gasteiger partial charge in [-0.05, 0) is 26.0 Å². The maximum absolute atomic E-state index is 12.1. The monoisotopic (exact) mass is 259 g/mol. The smallest absolute Gasteiger partial charge is 0.270 e. The van der Waals surface area contributed by atoms with E-state index in [1.54, 1.807) is 24.7 Å². The average Bonchev–Trinajstić information content (AvgIpc) is 2.85. The van der Waals surface area contributed by atoms with Gasteiger partial charge in [-0.25, -0.2) is 4.98 Å². The molecule has 0 spiro atoms. The molecule has 1 heterocycles. The van der Waals surface area contributed by atoms with Crippen molar-refractivity contribution < 1.29 is 9.90 Å². The minimum atomic E-state index is -0.937. The number of amides is 1. The molecule has 0 aliphatic rings. The molecule has 0 bridgehead atoms. The van der Waals surface area contributed by atoms with Crippen molar-refractivity contribution in [2.75, 3.05) is 6.54 Å². The van der Waals surface area contributed by atoms with E-state index in [1.807, 2.05) is 30.3 Å². The number of imidazole rings is 1. The van der Waals surface area contributed by atoms with Gasteiger partial charge in [0, 0.05) is 12.2 Å². The molecule has 1 aromatic carbocycles. The average molecular weight is 259 g/mol. The summed E-state index contributed by atoms with van der Waals surface area (Å²) in [6.45, 7) is 3.47. The van der Waals surface area contributed by atoms with Gasteiger partial charge in [-0.2, -0.15) is 0 Å². The summed E-state index contributed by atoms with van der Waals surface area (Å²) in [6.07, 6.45) is 3.10. The highest BCUT2D eigenvalue weighted by Crippen LogP contribution is 2.10. The number of carbonyl (C=O) groups is 1. The Morgan fingerprint density at radius 2 is 2.05 bits per heavy atom. The van der Waals surface area contributed by atoms with Crippen LogP contribution in [0, 0.1) is 0 Å². The van der Waals surface area contributed by atoms with Gasteiger partial charge in [-0.15, -0.1) is 0 Å². The Kier molecular flexibility index (Phi) is 3.66. The van der Waals surface area contributed by atoms with Crippen LogP contribution >= 0.6 is 0 Å². The molecule has 2 rings (SSSR count). The highest BCUT2D eigenvalue weighted by Gasteiger charge is 2.17. The van der Waals surface area contributed by atoms with E-state index in [9.17, 15) is 9.90 Å². The van der Waals surface area contributed by atoms with Crippen LogP contribution in [0.3, 0.4) is 0 Å². The third kappa shape index (κ3) is 3.42. The first kappa shape index (κ1) is 13.3. The summed E-state index contributed by atoms with van der Waals surface area (Å²) >= 11 is 0. The lowest BCUT2D eigenvalue weighted by Crippen LogP contribution is -2.38. The summed E-state index contributed by atoms with van der Waals surface area (Å²) in [5.41, 5.74) is 0.372. The standard InChI is InChI=1S/C14H17N3O2/c1-14(2,19)9-16-13(18)12-8-15-10-17(12)11-6-4-3-5-7-11/h3-8,10,19H,9H2,1-2H3,(H,16,18). The topological polar surface area (TPSA) is 67.2 Å². The second kappa shape index (κ2) is 5.24. The first-order valence-electron chi connectivity index (χ1n) is 6.06. The van der Waals surface area contributed by atoms with E-state index in [0.29, 0.717) is 5.69 Å². The van der Waals surface area contributed by atoms with E-state index in [4.69, 9.17) is 0 Å². The SMILES string of the molecule is CC(C)(O)CNC(=O)c1cncn1-c1ccccc1. The molecule has 0 saturated heterocycles. The van der Waals surface area contributed by atoms with Gasteiger partial charge in [0.25, 0.3) is 5.91 Å². The van der Waals surface area contributed by atoms with Gasteiger partial charge in [-0.1, -0.05) is 18.2 Å². The van der Waals surface area contributed by atoms with Gasteiger partial charge in [-0.3, -0.25) is 9.36 Å². The summed E-state index contributed by atoms with van der Waals surface area (Å²) in [5, 5.41) is 12.3. The predicted molar refractivity (Wildman–Crippen MR) is 72.2 cm³/mol. The Morgan fingerprint density at radius 1 is 1.37 bits per heavy atom. The molecule has 1 amide bonds. The van der Waals surface area contributed by atoms with Crippen molar-refractivity contribution >= 4 is 5.91 Å². The molecular weight excluding hydrogens is 242 g/mol. The third-order valence-corrected chi connectivity index (χ3v) is 2.59. The number of hydrogen-bond donors (Lipinski definition) is 2. The minimum Gasteiger partial charge on any atom is -0.389 e. The number of carbonyl (C=O) groups excluding carboxylic acids is 1. The molecule has 100 valence electrons. The van der Waals surface area contributed by atoms with Gasteiger partial charge in [0.2, 0.25) is 0 Å². The predicted octanol–water partition coefficient (Wildman–Crippen LogP) is 1.37. The number of benzene rings is 1. The van der Waals surface area contributed by atoms with Crippen molar-refractivity contribution in [1.29, 1.82) is 0 Å². The maximum atomic E-state index is 12.1. The number of rotatable bonds is 4. The van der Waals surface area contributed by atoms with Crippen LogP contribution < -0.4 is 5.32 Å². The number of nitrogens with zero attached hydrogens (tertiary/aromatic N) is 2. The van der Waals surface area contributed by atoms with Crippen molar-refractivity contribution in [3.63, 3.8) is 0 Å². The largest absolute Gasteiger partial charge is 0.389 e. The van der Waals surface area contributed by atoms with Crippen LogP contribution in [0.1, 0.15) is 24.3 Å². The molecule has 1 aromatic heterocycles. The molecule has 5 heteroatoms. The summed E-state index contributed by atoms with van der Waals surface area (Å²) in [7, 11) is 0. The number of hydrogen-bond acceptors (Lipinski definition) is 3. The molecule has 0 unspecified atom stereocenters. The molecule has 0 aliphatic heterocycles. The third-order valence-electron chi connectivity index (χ3n) is 2.59. The van der Waals surface area contributed by atoms with Gasteiger partial charge in [0.05, 0.1) is 18.1 Å². The van der Waals surface area contributed by atoms with E-state index in [1.165, 1.54) is 6.20 Å². The highest BCUT2D eigenvalue weighted by molar-refractivity contribution is 5.93. The molecule has 0 saturated carbocycles. The zero-order chi connectivity index (χ0) is 13.9. The molecule has 0 atom stereocenters. The Hall–Kier alpha value is -2.14. The van der Waals surface area contributed by atoms with Crippen LogP contribution in [0.5, 0.6) is 0 Å². The lowest BCUT2D eigenvalue weighted by Gasteiger charge is -2.17. The Balaban J connectivity index is 2.18. The Labute approximate surface area is 111 Å². The molecule has 0 aliphatic carbocycles. The number of para-hydroxylation sites is 1. The van der Waals surface area contributed by atoms with E-state index < -0.39 is 5.60 Å². The molecule has 2 N–H and O–H groups in total. The first-order valence-corrected chi connectivity index (χ1v) is 6.06. The Morgan fingerprint density at radius 3 is 2.68 bits per heavy atom. The van der Waals surface area contributed by atoms with Crippen molar-refractivity contribution in [1.82, 2.24) is 14.9 Å². The number of aliphatic hydroxyl groups is 1. The first-order chi connectivity index (χ1) is 8.97. The van der Waals surface area contributed by atoms with E-state index in [-0.39, 0.29) is 12.5 Å². The molecule has 2 aromatic rings. The van der Waals surface area contributed by atoms with Crippen LogP contribution in [0.2, 0.25) is 0 Å². The van der Waals surface area contributed by atoms with Gasteiger partial charge >= 0.3 is 0 Å². The number of aromatic nitrogens is 2. The second-order valence-electron chi connectivity index (χ2n) is 4.98. The zero-order valence-electron chi connectivity index (χ0n) is 11.0. The van der Waals surface area contributed by atoms with Crippen LogP contribution in [0.4, 0.5) is 0 Å². The van der Waals surface area contributed by atoms with Crippen LogP contribution in [-0.4, -0.2) is 32.7 Å². The maximum Gasteiger partial charge on any atom is 0.270 e. The van der Waals surface area contributed by atoms with Crippen molar-refractivity contribution in [3.8, 4) is 5.69 Å². The summed E-state index contributed by atoms with van der Waals surface area (Å²) in [5.74, 6) is -0.261. The highest BCUT2D eigenvalue weighted by atomic mass is 16.3. The molecule has 0 fully saturated rings. The molecular formula is C14H17N3O2. The minimum absolute atomic E-state index is 0.186. The summed E-state index contributed by atoms with van der Waals surface area (Å²) in [4.78, 5) is 16.1. The lowest BCUT2D eigenvalue weighted by molar-refractivity contribution is 0.0691. The van der Waals surface area contributed by atoms with Gasteiger partial charge < -0.3 is 10.4 Å². The summed E-state index contributed by atoms with van der Waals surface area (Å²) in [6, 6.07) is 9.50. The fourth-order valence-electron chi connectivity index (χ4n) is 1.64. The molecule has 0 radical (unpaired) electrons. The van der Waals surface area contributed by atoms with Crippen molar-refractivity contribution in [2.45, 2.75) is 19.4 Å². The van der Waals surface area contributed by atoms with Gasteiger partial charge in [0.1, 0.15) is 5.69 Å². The van der Waals surface area contributed by atoms with Gasteiger partial charge in [0.15, 0.2) is 0 Å². The number of nitrogens with one attached hydrogen (secondary N) is 1. The fraction of sp³-hybridized carbons (Fsp3) is 0.286. The Bertz CT molecular complexity index is 556. The molecule has 19 heavy (non-hydrogen) atoms. The van der Waals surface area contributed by atoms with Crippen LogP contribution in [-0.2, 0) is 0 Å². The van der Waals surface area contributed by atoms with Crippen LogP contribution in [0.25, 0.3) is 5.69 Å². The molecule has 5 nitrogen and oxygen atoms in total. The lowest BCUT2D eigenvalue weighted by atomic mass is 10.1. The summed E-state index contributed by atoms with van der Waals surface area (Å²) < 4.78 is 1.71. The zero-order valence-corrected chi connectivity index (χ0v) is 11.0. The quantitative estimate of drug-likeness (QED) is 0.871. The normalized spacial score (nSPS) is 11.3. The van der Waals surface area contributed by atoms with Crippen LogP contribution in [0.15, 0.2) is 42.9 Å².